The molecule has 1 aliphatic rings. The summed E-state index contributed by atoms with van der Waals surface area (Å²) in [5, 5.41) is 0.771. The molecule has 1 fully saturated rings. The van der Waals surface area contributed by atoms with Crippen LogP contribution in [0.2, 0.25) is 0 Å². The molecule has 2 aromatic heterocycles. The van der Waals surface area contributed by atoms with E-state index in [1.807, 2.05) is 19.1 Å². The number of rotatable bonds is 6. The topological polar surface area (TPSA) is 83.5 Å². The predicted octanol–water partition coefficient (Wildman–Crippen LogP) is 4.01. The van der Waals surface area contributed by atoms with E-state index in [1.165, 1.54) is 6.20 Å². The second-order valence-corrected chi connectivity index (χ2v) is 11.2. The molecule has 0 atom stereocenters. The van der Waals surface area contributed by atoms with Gasteiger partial charge in [0.25, 0.3) is 5.91 Å². The number of aromatic nitrogens is 2. The average molecular weight is 519 g/mol. The number of amides is 1. The number of carbonyl (C=O) groups is 1. The van der Waals surface area contributed by atoms with E-state index in [0.717, 1.165) is 10.9 Å². The summed E-state index contributed by atoms with van der Waals surface area (Å²) in [5.74, 6) is -0.589. The predicted molar refractivity (Wildman–Crippen MR) is 139 cm³/mol. The van der Waals surface area contributed by atoms with Crippen molar-refractivity contribution in [3.8, 4) is 0 Å². The highest BCUT2D eigenvalue weighted by molar-refractivity contribution is 7.90. The van der Waals surface area contributed by atoms with Gasteiger partial charge in [0, 0.05) is 61.6 Å². The summed E-state index contributed by atoms with van der Waals surface area (Å²) in [7, 11) is -3.65. The summed E-state index contributed by atoms with van der Waals surface area (Å²) >= 11 is 0. The van der Waals surface area contributed by atoms with Crippen LogP contribution in [0.4, 0.5) is 4.39 Å². The highest BCUT2D eigenvalue weighted by atomic mass is 32.2. The normalized spacial score (nSPS) is 14.7. The molecule has 7 nitrogen and oxygen atoms in total. The Morgan fingerprint density at radius 3 is 2.51 bits per heavy atom. The standard InChI is InChI=1S/C28H27FN4O3S/c1-20-16-22(28(34)33-14-12-32(13-15-33)18-23-9-11-30-17-25(23)29)7-8-24(20)19-37(35,36)26-6-2-4-21-5-3-10-31-27(21)26/h2-11,16-17H,12-15,18-19H2,1H3. The van der Waals surface area contributed by atoms with Gasteiger partial charge in [-0.3, -0.25) is 19.7 Å². The van der Waals surface area contributed by atoms with Gasteiger partial charge in [0.15, 0.2) is 9.84 Å². The van der Waals surface area contributed by atoms with Crippen LogP contribution in [0.25, 0.3) is 10.9 Å². The van der Waals surface area contributed by atoms with Gasteiger partial charge in [-0.05, 0) is 48.4 Å². The lowest BCUT2D eigenvalue weighted by molar-refractivity contribution is 0.0627. The van der Waals surface area contributed by atoms with Crippen molar-refractivity contribution >= 4 is 26.6 Å². The van der Waals surface area contributed by atoms with Crippen molar-refractivity contribution in [1.29, 1.82) is 0 Å². The number of piperazine rings is 1. The Bertz CT molecular complexity index is 1560. The molecule has 0 unspecified atom stereocenters. The molecule has 0 radical (unpaired) electrons. The molecule has 4 aromatic rings. The van der Waals surface area contributed by atoms with Crippen molar-refractivity contribution in [3.63, 3.8) is 0 Å². The second kappa shape index (κ2) is 10.4. The average Bonchev–Trinajstić information content (AvgIpc) is 2.91. The van der Waals surface area contributed by atoms with Crippen molar-refractivity contribution in [2.45, 2.75) is 24.1 Å². The van der Waals surface area contributed by atoms with Gasteiger partial charge in [0.2, 0.25) is 0 Å². The van der Waals surface area contributed by atoms with Crippen molar-refractivity contribution < 1.29 is 17.6 Å². The van der Waals surface area contributed by atoms with Crippen molar-refractivity contribution in [2.24, 2.45) is 0 Å². The Balaban J connectivity index is 1.26. The van der Waals surface area contributed by atoms with Crippen LogP contribution in [0.15, 0.2) is 78.1 Å². The summed E-state index contributed by atoms with van der Waals surface area (Å²) in [6, 6.07) is 15.6. The first-order chi connectivity index (χ1) is 17.8. The lowest BCUT2D eigenvalue weighted by Gasteiger charge is -2.35. The van der Waals surface area contributed by atoms with E-state index in [4.69, 9.17) is 0 Å². The SMILES string of the molecule is Cc1cc(C(=O)N2CCN(Cc3ccncc3F)CC2)ccc1CS(=O)(=O)c1cccc2cccnc12. The van der Waals surface area contributed by atoms with Gasteiger partial charge in [0.1, 0.15) is 5.82 Å². The molecule has 1 aliphatic heterocycles. The van der Waals surface area contributed by atoms with Gasteiger partial charge in [-0.15, -0.1) is 0 Å². The van der Waals surface area contributed by atoms with E-state index in [9.17, 15) is 17.6 Å². The lowest BCUT2D eigenvalue weighted by atomic mass is 10.1. The van der Waals surface area contributed by atoms with E-state index in [1.54, 1.807) is 59.8 Å². The quantitative estimate of drug-likeness (QED) is 0.384. The second-order valence-electron chi connectivity index (χ2n) is 9.27. The molecule has 0 saturated carbocycles. The number of carbonyl (C=O) groups excluding carboxylic acids is 1. The molecule has 2 aromatic carbocycles. The van der Waals surface area contributed by atoms with Gasteiger partial charge in [-0.25, -0.2) is 12.8 Å². The molecular weight excluding hydrogens is 491 g/mol. The highest BCUT2D eigenvalue weighted by Gasteiger charge is 2.24. The molecule has 0 N–H and O–H groups in total. The number of pyridine rings is 2. The van der Waals surface area contributed by atoms with E-state index >= 15 is 0 Å². The van der Waals surface area contributed by atoms with Gasteiger partial charge in [0.05, 0.1) is 22.4 Å². The summed E-state index contributed by atoms with van der Waals surface area (Å²) in [5.41, 5.74) is 2.97. The first kappa shape index (κ1) is 25.0. The van der Waals surface area contributed by atoms with Crippen molar-refractivity contribution in [3.05, 3.63) is 101 Å². The number of halogens is 1. The minimum Gasteiger partial charge on any atom is -0.336 e. The minimum absolute atomic E-state index is 0.0921. The van der Waals surface area contributed by atoms with Gasteiger partial charge in [-0.2, -0.15) is 0 Å². The zero-order valence-corrected chi connectivity index (χ0v) is 21.3. The smallest absolute Gasteiger partial charge is 0.253 e. The lowest BCUT2D eigenvalue weighted by Crippen LogP contribution is -2.48. The van der Waals surface area contributed by atoms with E-state index in [-0.39, 0.29) is 22.4 Å². The van der Waals surface area contributed by atoms with Crippen LogP contribution in [-0.4, -0.2) is 60.3 Å². The molecular formula is C28H27FN4O3S. The van der Waals surface area contributed by atoms with E-state index in [0.29, 0.717) is 54.9 Å². The first-order valence-electron chi connectivity index (χ1n) is 12.1. The molecule has 0 spiro atoms. The fraction of sp³-hybridized carbons (Fsp3) is 0.250. The Morgan fingerprint density at radius 2 is 1.76 bits per heavy atom. The Kier molecular flexibility index (Phi) is 6.99. The number of aryl methyl sites for hydroxylation is 1. The van der Waals surface area contributed by atoms with Gasteiger partial charge < -0.3 is 4.90 Å². The number of fused-ring (bicyclic) bond motifs is 1. The zero-order valence-electron chi connectivity index (χ0n) is 20.5. The summed E-state index contributed by atoms with van der Waals surface area (Å²) < 4.78 is 40.5. The third kappa shape index (κ3) is 5.38. The molecule has 37 heavy (non-hydrogen) atoms. The molecule has 3 heterocycles. The summed E-state index contributed by atoms with van der Waals surface area (Å²) in [6.07, 6.45) is 4.38. The fourth-order valence-corrected chi connectivity index (χ4v) is 6.31. The van der Waals surface area contributed by atoms with Crippen LogP contribution in [0.3, 0.4) is 0 Å². The third-order valence-electron chi connectivity index (χ3n) is 6.78. The molecule has 0 aliphatic carbocycles. The Labute approximate surface area is 215 Å². The molecule has 190 valence electrons. The van der Waals surface area contributed by atoms with Crippen LogP contribution in [0, 0.1) is 12.7 Å². The third-order valence-corrected chi connectivity index (χ3v) is 8.47. The van der Waals surface area contributed by atoms with Crippen molar-refractivity contribution in [1.82, 2.24) is 19.8 Å². The van der Waals surface area contributed by atoms with Crippen LogP contribution in [-0.2, 0) is 22.1 Å². The maximum Gasteiger partial charge on any atom is 0.253 e. The number of sulfone groups is 1. The number of hydrogen-bond donors (Lipinski definition) is 0. The van der Waals surface area contributed by atoms with E-state index < -0.39 is 9.84 Å². The zero-order chi connectivity index (χ0) is 26.0. The molecule has 1 amide bonds. The van der Waals surface area contributed by atoms with Crippen LogP contribution in [0.5, 0.6) is 0 Å². The largest absolute Gasteiger partial charge is 0.336 e. The first-order valence-corrected chi connectivity index (χ1v) is 13.7. The highest BCUT2D eigenvalue weighted by Crippen LogP contribution is 2.26. The summed E-state index contributed by atoms with van der Waals surface area (Å²) in [4.78, 5) is 25.3. The van der Waals surface area contributed by atoms with Gasteiger partial charge >= 0.3 is 0 Å². The Hall–Kier alpha value is -3.69. The van der Waals surface area contributed by atoms with Crippen LogP contribution in [0.1, 0.15) is 27.0 Å². The maximum atomic E-state index is 13.9. The number of nitrogens with zero attached hydrogens (tertiary/aromatic N) is 4. The van der Waals surface area contributed by atoms with Gasteiger partial charge in [-0.1, -0.05) is 24.3 Å². The fourth-order valence-electron chi connectivity index (χ4n) is 4.67. The monoisotopic (exact) mass is 518 g/mol. The minimum atomic E-state index is -3.65. The number of hydrogen-bond acceptors (Lipinski definition) is 6. The molecule has 9 heteroatoms. The van der Waals surface area contributed by atoms with Crippen LogP contribution < -0.4 is 0 Å². The Morgan fingerprint density at radius 1 is 0.973 bits per heavy atom. The molecule has 5 rings (SSSR count). The van der Waals surface area contributed by atoms with Crippen LogP contribution >= 0.6 is 0 Å². The number of benzene rings is 2. The van der Waals surface area contributed by atoms with Crippen molar-refractivity contribution in [2.75, 3.05) is 26.2 Å². The number of para-hydroxylation sites is 1. The molecule has 1 saturated heterocycles. The van der Waals surface area contributed by atoms with E-state index in [2.05, 4.69) is 14.9 Å². The maximum absolute atomic E-state index is 13.9. The summed E-state index contributed by atoms with van der Waals surface area (Å²) in [6.45, 7) is 4.66. The molecule has 0 bridgehead atoms.